The molecule has 0 aromatic heterocycles. The summed E-state index contributed by atoms with van der Waals surface area (Å²) in [6.45, 7) is 0. The van der Waals surface area contributed by atoms with Crippen molar-refractivity contribution in [1.82, 2.24) is 0 Å². The molecule has 180 valence electrons. The van der Waals surface area contributed by atoms with E-state index in [4.69, 9.17) is 0 Å². The second-order valence-corrected chi connectivity index (χ2v) is 8.73. The van der Waals surface area contributed by atoms with Crippen LogP contribution in [0.5, 0.6) is 0 Å². The SMILES string of the molecule is O=C(CCCCCC(=O)c1ccccc1C#Cc1ccccc1)c1ccccc1C#Cc1ccccc1. The lowest BCUT2D eigenvalue weighted by Gasteiger charge is -2.05. The van der Waals surface area contributed by atoms with Crippen molar-refractivity contribution in [2.75, 3.05) is 0 Å². The highest BCUT2D eigenvalue weighted by Crippen LogP contribution is 2.16. The van der Waals surface area contributed by atoms with Gasteiger partial charge in [-0.2, -0.15) is 0 Å². The Morgan fingerprint density at radius 3 is 1.24 bits per heavy atom. The highest BCUT2D eigenvalue weighted by Gasteiger charge is 2.12. The van der Waals surface area contributed by atoms with Crippen LogP contribution in [0.3, 0.4) is 0 Å². The van der Waals surface area contributed by atoms with Crippen molar-refractivity contribution >= 4 is 11.6 Å². The number of benzene rings is 4. The lowest BCUT2D eigenvalue weighted by Crippen LogP contribution is -2.04. The molecule has 4 aromatic rings. The molecule has 0 aliphatic rings. The van der Waals surface area contributed by atoms with E-state index in [-0.39, 0.29) is 11.6 Å². The third-order valence-electron chi connectivity index (χ3n) is 5.99. The Morgan fingerprint density at radius 2 is 0.811 bits per heavy atom. The molecule has 4 rings (SSSR count). The summed E-state index contributed by atoms with van der Waals surface area (Å²) in [5.41, 5.74) is 4.66. The van der Waals surface area contributed by atoms with Crippen LogP contribution in [0.25, 0.3) is 0 Å². The van der Waals surface area contributed by atoms with Gasteiger partial charge in [-0.1, -0.05) is 103 Å². The van der Waals surface area contributed by atoms with Gasteiger partial charge >= 0.3 is 0 Å². The Morgan fingerprint density at radius 1 is 0.432 bits per heavy atom. The molecule has 2 nitrogen and oxygen atoms in total. The van der Waals surface area contributed by atoms with Crippen LogP contribution in [0.4, 0.5) is 0 Å². The smallest absolute Gasteiger partial charge is 0.164 e. The molecule has 0 spiro atoms. The Kier molecular flexibility index (Phi) is 9.23. The van der Waals surface area contributed by atoms with E-state index in [1.807, 2.05) is 109 Å². The van der Waals surface area contributed by atoms with Crippen molar-refractivity contribution in [3.05, 3.63) is 143 Å². The summed E-state index contributed by atoms with van der Waals surface area (Å²) in [4.78, 5) is 25.8. The number of rotatable bonds is 8. The van der Waals surface area contributed by atoms with Crippen LogP contribution in [0.15, 0.2) is 109 Å². The highest BCUT2D eigenvalue weighted by atomic mass is 16.1. The third kappa shape index (κ3) is 7.66. The van der Waals surface area contributed by atoms with Gasteiger partial charge in [0.15, 0.2) is 11.6 Å². The Labute approximate surface area is 219 Å². The maximum absolute atomic E-state index is 12.9. The van der Waals surface area contributed by atoms with Crippen LogP contribution >= 0.6 is 0 Å². The second kappa shape index (κ2) is 13.4. The first-order valence-electron chi connectivity index (χ1n) is 12.6. The van der Waals surface area contributed by atoms with Crippen molar-refractivity contribution in [3.63, 3.8) is 0 Å². The summed E-state index contributed by atoms with van der Waals surface area (Å²) >= 11 is 0. The number of carbonyl (C=O) groups is 2. The van der Waals surface area contributed by atoms with Crippen LogP contribution in [0, 0.1) is 23.7 Å². The van der Waals surface area contributed by atoms with Gasteiger partial charge < -0.3 is 0 Å². The summed E-state index contributed by atoms with van der Waals surface area (Å²) in [5, 5.41) is 0. The molecule has 0 radical (unpaired) electrons. The van der Waals surface area contributed by atoms with Crippen molar-refractivity contribution < 1.29 is 9.59 Å². The maximum atomic E-state index is 12.9. The van der Waals surface area contributed by atoms with Gasteiger partial charge in [0.05, 0.1) is 0 Å². The number of unbranched alkanes of at least 4 members (excludes halogenated alkanes) is 2. The minimum absolute atomic E-state index is 0.0887. The lowest BCUT2D eigenvalue weighted by atomic mass is 9.97. The first-order chi connectivity index (χ1) is 18.2. The summed E-state index contributed by atoms with van der Waals surface area (Å²) in [7, 11) is 0. The van der Waals surface area contributed by atoms with Crippen LogP contribution in [-0.4, -0.2) is 11.6 Å². The summed E-state index contributed by atoms with van der Waals surface area (Å²) < 4.78 is 0. The first kappa shape index (κ1) is 25.4. The van der Waals surface area contributed by atoms with Gasteiger partial charge in [0, 0.05) is 46.2 Å². The van der Waals surface area contributed by atoms with E-state index in [1.165, 1.54) is 0 Å². The maximum Gasteiger partial charge on any atom is 0.164 e. The number of ketones is 2. The van der Waals surface area contributed by atoms with Gasteiger partial charge in [0.25, 0.3) is 0 Å². The Bertz CT molecular complexity index is 1360. The molecule has 37 heavy (non-hydrogen) atoms. The largest absolute Gasteiger partial charge is 0.294 e. The molecule has 0 aliphatic heterocycles. The first-order valence-corrected chi connectivity index (χ1v) is 12.6. The quantitative estimate of drug-likeness (QED) is 0.149. The fourth-order valence-corrected chi connectivity index (χ4v) is 4.01. The molecule has 0 atom stereocenters. The number of hydrogen-bond acceptors (Lipinski definition) is 2. The van der Waals surface area contributed by atoms with Crippen molar-refractivity contribution in [2.45, 2.75) is 32.1 Å². The molecule has 4 aromatic carbocycles. The van der Waals surface area contributed by atoms with Crippen LogP contribution in [-0.2, 0) is 0 Å². The van der Waals surface area contributed by atoms with Gasteiger partial charge in [-0.3, -0.25) is 9.59 Å². The molecule has 0 saturated carbocycles. The molecular weight excluding hydrogens is 452 g/mol. The molecule has 0 unspecified atom stereocenters. The zero-order valence-electron chi connectivity index (χ0n) is 20.7. The molecule has 0 heterocycles. The predicted octanol–water partition coefficient (Wildman–Crippen LogP) is 7.50. The molecule has 0 N–H and O–H groups in total. The van der Waals surface area contributed by atoms with E-state index in [2.05, 4.69) is 23.7 Å². The second-order valence-electron chi connectivity index (χ2n) is 8.73. The van der Waals surface area contributed by atoms with E-state index in [0.29, 0.717) is 24.0 Å². The molecule has 0 amide bonds. The van der Waals surface area contributed by atoms with Crippen molar-refractivity contribution in [2.24, 2.45) is 0 Å². The van der Waals surface area contributed by atoms with Crippen LogP contribution in [0.1, 0.15) is 75.1 Å². The molecular formula is C35H28O2. The van der Waals surface area contributed by atoms with Gasteiger partial charge in [-0.05, 0) is 49.2 Å². The van der Waals surface area contributed by atoms with E-state index < -0.39 is 0 Å². The molecule has 0 fully saturated rings. The summed E-state index contributed by atoms with van der Waals surface area (Å²) in [6.07, 6.45) is 3.17. The minimum Gasteiger partial charge on any atom is -0.294 e. The minimum atomic E-state index is 0.0887. The third-order valence-corrected chi connectivity index (χ3v) is 5.99. The molecule has 0 saturated heterocycles. The van der Waals surface area contributed by atoms with Crippen molar-refractivity contribution in [1.29, 1.82) is 0 Å². The average Bonchev–Trinajstić information content (AvgIpc) is 2.96. The van der Waals surface area contributed by atoms with Gasteiger partial charge in [-0.15, -0.1) is 0 Å². The average molecular weight is 481 g/mol. The van der Waals surface area contributed by atoms with E-state index in [9.17, 15) is 9.59 Å². The predicted molar refractivity (Wildman–Crippen MR) is 149 cm³/mol. The topological polar surface area (TPSA) is 34.1 Å². The van der Waals surface area contributed by atoms with Crippen LogP contribution < -0.4 is 0 Å². The number of hydrogen-bond donors (Lipinski definition) is 0. The zero-order valence-corrected chi connectivity index (χ0v) is 20.7. The van der Waals surface area contributed by atoms with Crippen LogP contribution in [0.2, 0.25) is 0 Å². The monoisotopic (exact) mass is 480 g/mol. The van der Waals surface area contributed by atoms with Gasteiger partial charge in [0.1, 0.15) is 0 Å². The van der Waals surface area contributed by atoms with E-state index in [0.717, 1.165) is 41.5 Å². The summed E-state index contributed by atoms with van der Waals surface area (Å²) in [6, 6.07) is 34.5. The Hall–Kier alpha value is -4.66. The van der Waals surface area contributed by atoms with Gasteiger partial charge in [0.2, 0.25) is 0 Å². The molecule has 0 bridgehead atoms. The highest BCUT2D eigenvalue weighted by molar-refractivity contribution is 5.99. The molecule has 0 aliphatic carbocycles. The van der Waals surface area contributed by atoms with E-state index >= 15 is 0 Å². The fourth-order valence-electron chi connectivity index (χ4n) is 4.01. The zero-order chi connectivity index (χ0) is 25.7. The van der Waals surface area contributed by atoms with Crippen molar-refractivity contribution in [3.8, 4) is 23.7 Å². The standard InChI is InChI=1S/C35H28O2/c36-34(32-20-12-10-18-30(32)26-24-28-14-4-1-5-15-28)22-8-3-9-23-35(37)33-21-13-11-19-31(33)27-25-29-16-6-2-7-17-29/h1-2,4-7,10-21H,3,8-9,22-23H2. The molecule has 2 heteroatoms. The number of carbonyl (C=O) groups excluding carboxylic acids is 2. The van der Waals surface area contributed by atoms with E-state index in [1.54, 1.807) is 0 Å². The number of Topliss-reactive ketones (excluding diaryl/α,β-unsaturated/α-hetero) is 2. The fraction of sp³-hybridized carbons (Fsp3) is 0.143. The summed E-state index contributed by atoms with van der Waals surface area (Å²) in [5.74, 6) is 12.7. The Balaban J connectivity index is 1.29. The normalized spacial score (nSPS) is 9.95. The lowest BCUT2D eigenvalue weighted by molar-refractivity contribution is 0.0978. The van der Waals surface area contributed by atoms with Gasteiger partial charge in [-0.25, -0.2) is 0 Å².